The fourth-order valence-electron chi connectivity index (χ4n) is 3.17. The second kappa shape index (κ2) is 10.5. The maximum Gasteiger partial charge on any atom is 0.320 e. The summed E-state index contributed by atoms with van der Waals surface area (Å²) in [5, 5.41) is 65.8. The van der Waals surface area contributed by atoms with Gasteiger partial charge in [-0.05, 0) is 6.42 Å². The van der Waals surface area contributed by atoms with Crippen LogP contribution in [0.1, 0.15) is 19.8 Å². The van der Waals surface area contributed by atoms with E-state index in [4.69, 9.17) is 10.2 Å². The molecule has 0 spiro atoms. The maximum absolute atomic E-state index is 11.4. The number of aliphatic hydroxyl groups is 3. The largest absolute Gasteiger partial charge is 0.480 e. The van der Waals surface area contributed by atoms with Crippen LogP contribution in [-0.4, -0.2) is 104 Å². The highest BCUT2D eigenvalue weighted by atomic mass is 16.4. The first-order valence-corrected chi connectivity index (χ1v) is 8.53. The van der Waals surface area contributed by atoms with Crippen molar-refractivity contribution in [1.29, 1.82) is 0 Å². The Balaban J connectivity index is 3.07. The van der Waals surface area contributed by atoms with Crippen LogP contribution in [0.25, 0.3) is 0 Å². The van der Waals surface area contributed by atoms with Gasteiger partial charge in [-0.15, -0.1) is 0 Å². The van der Waals surface area contributed by atoms with E-state index in [2.05, 4.69) is 16.0 Å². The van der Waals surface area contributed by atoms with E-state index in [1.807, 2.05) is 0 Å². The first kappa shape index (κ1) is 23.2. The topological polar surface area (TPSA) is 209 Å². The van der Waals surface area contributed by atoms with Crippen molar-refractivity contribution in [3.63, 3.8) is 0 Å². The van der Waals surface area contributed by atoms with Crippen LogP contribution in [0.15, 0.2) is 0 Å². The summed E-state index contributed by atoms with van der Waals surface area (Å²) in [6.45, 7) is 0.540. The molecule has 0 radical (unpaired) electrons. The maximum atomic E-state index is 11.4. The number of carbonyl (C=O) groups is 3. The van der Waals surface area contributed by atoms with E-state index < -0.39 is 73.5 Å². The van der Waals surface area contributed by atoms with Gasteiger partial charge in [0.1, 0.15) is 6.04 Å². The number of nitrogens with one attached hydrogen (secondary N) is 3. The summed E-state index contributed by atoms with van der Waals surface area (Å²) in [6.07, 6.45) is -3.88. The van der Waals surface area contributed by atoms with Gasteiger partial charge in [0, 0.05) is 0 Å². The molecule has 156 valence electrons. The van der Waals surface area contributed by atoms with Gasteiger partial charge in [-0.2, -0.15) is 0 Å². The van der Waals surface area contributed by atoms with Gasteiger partial charge in [0.05, 0.1) is 49.5 Å². The van der Waals surface area contributed by atoms with Gasteiger partial charge in [-0.25, -0.2) is 0 Å². The molecule has 1 fully saturated rings. The Morgan fingerprint density at radius 3 is 1.56 bits per heavy atom. The smallest absolute Gasteiger partial charge is 0.320 e. The molecule has 0 bridgehead atoms. The van der Waals surface area contributed by atoms with Crippen LogP contribution in [0.4, 0.5) is 0 Å². The molecular weight excluding hydrogens is 366 g/mol. The lowest BCUT2D eigenvalue weighted by atomic mass is 9.79. The molecule has 0 saturated heterocycles. The average Bonchev–Trinajstić information content (AvgIpc) is 2.56. The Morgan fingerprint density at radius 2 is 1.22 bits per heavy atom. The van der Waals surface area contributed by atoms with Crippen molar-refractivity contribution < 1.29 is 45.0 Å². The Bertz CT molecular complexity index is 501. The molecule has 5 atom stereocenters. The third kappa shape index (κ3) is 6.37. The molecule has 0 heterocycles. The molecule has 0 aromatic heterocycles. The molecule has 1 aliphatic rings. The van der Waals surface area contributed by atoms with Crippen LogP contribution in [-0.2, 0) is 14.4 Å². The van der Waals surface area contributed by atoms with Crippen LogP contribution in [0, 0.1) is 0 Å². The number of aliphatic hydroxyl groups excluding tert-OH is 3. The van der Waals surface area contributed by atoms with Crippen LogP contribution in [0.2, 0.25) is 0 Å². The zero-order chi connectivity index (χ0) is 20.7. The number of hydrogen-bond acceptors (Lipinski definition) is 9. The normalized spacial score (nSPS) is 32.0. The molecule has 1 rings (SSSR count). The standard InChI is InChI=1S/C15H27N3O9/c1-2-3-6(15(26)27)18-11-13(24)9(16-4-7(19)20)12(23)10(14(11)25)17-5-8(21)22/h6,9-14,16-18,23-25H,2-5H2,1H3,(H,19,20)(H,21,22)(H,26,27). The fraction of sp³-hybridized carbons (Fsp3) is 0.800. The van der Waals surface area contributed by atoms with Crippen molar-refractivity contribution >= 4 is 17.9 Å². The van der Waals surface area contributed by atoms with E-state index in [0.29, 0.717) is 6.42 Å². The van der Waals surface area contributed by atoms with Crippen molar-refractivity contribution in [2.75, 3.05) is 13.1 Å². The van der Waals surface area contributed by atoms with Gasteiger partial charge >= 0.3 is 17.9 Å². The Hall–Kier alpha value is -1.83. The highest BCUT2D eigenvalue weighted by Gasteiger charge is 2.50. The van der Waals surface area contributed by atoms with E-state index in [0.717, 1.165) is 0 Å². The van der Waals surface area contributed by atoms with Gasteiger partial charge in [-0.3, -0.25) is 30.3 Å². The van der Waals surface area contributed by atoms with Gasteiger partial charge in [0.15, 0.2) is 0 Å². The predicted octanol–water partition coefficient (Wildman–Crippen LogP) is -3.62. The first-order valence-electron chi connectivity index (χ1n) is 8.53. The zero-order valence-corrected chi connectivity index (χ0v) is 14.8. The molecule has 12 heteroatoms. The number of carboxylic acids is 3. The van der Waals surface area contributed by atoms with Gasteiger partial charge in [0.25, 0.3) is 0 Å². The first-order chi connectivity index (χ1) is 12.6. The van der Waals surface area contributed by atoms with Crippen LogP contribution in [0.3, 0.4) is 0 Å². The molecule has 9 N–H and O–H groups in total. The minimum Gasteiger partial charge on any atom is -0.480 e. The molecule has 0 aliphatic heterocycles. The van der Waals surface area contributed by atoms with Crippen LogP contribution in [0.5, 0.6) is 0 Å². The zero-order valence-electron chi connectivity index (χ0n) is 14.8. The summed E-state index contributed by atoms with van der Waals surface area (Å²) in [5.41, 5.74) is 0. The second-order valence-corrected chi connectivity index (χ2v) is 6.44. The highest BCUT2D eigenvalue weighted by Crippen LogP contribution is 2.23. The summed E-state index contributed by atoms with van der Waals surface area (Å²) in [7, 11) is 0. The fourth-order valence-corrected chi connectivity index (χ4v) is 3.17. The third-order valence-corrected chi connectivity index (χ3v) is 4.45. The number of carboxylic acid groups (broad SMARTS) is 3. The number of aliphatic carboxylic acids is 3. The van der Waals surface area contributed by atoms with E-state index in [1.165, 1.54) is 0 Å². The van der Waals surface area contributed by atoms with Gasteiger partial charge in [-0.1, -0.05) is 13.3 Å². The summed E-state index contributed by atoms with van der Waals surface area (Å²) < 4.78 is 0. The van der Waals surface area contributed by atoms with Crippen molar-refractivity contribution in [1.82, 2.24) is 16.0 Å². The lowest BCUT2D eigenvalue weighted by molar-refractivity contribution is -0.142. The van der Waals surface area contributed by atoms with E-state index >= 15 is 0 Å². The number of rotatable bonds is 11. The summed E-state index contributed by atoms with van der Waals surface area (Å²) in [4.78, 5) is 32.9. The molecule has 1 aliphatic carbocycles. The molecule has 12 nitrogen and oxygen atoms in total. The molecule has 0 aromatic rings. The summed E-state index contributed by atoms with van der Waals surface area (Å²) in [6, 6.07) is -4.84. The predicted molar refractivity (Wildman–Crippen MR) is 90.1 cm³/mol. The SMILES string of the molecule is CCCC(NC1C(O)C(NCC(=O)O)C(O)C(NCC(=O)O)C1O)C(=O)O. The van der Waals surface area contributed by atoms with Crippen molar-refractivity contribution in [2.45, 2.75) is 62.2 Å². The summed E-state index contributed by atoms with van der Waals surface area (Å²) in [5.74, 6) is -3.71. The Kier molecular flexibility index (Phi) is 9.02. The minimum absolute atomic E-state index is 0.203. The third-order valence-electron chi connectivity index (χ3n) is 4.45. The van der Waals surface area contributed by atoms with Crippen LogP contribution < -0.4 is 16.0 Å². The monoisotopic (exact) mass is 393 g/mol. The lowest BCUT2D eigenvalue weighted by Crippen LogP contribution is -2.75. The highest BCUT2D eigenvalue weighted by molar-refractivity contribution is 5.73. The summed E-state index contributed by atoms with van der Waals surface area (Å²) >= 11 is 0. The quantitative estimate of drug-likeness (QED) is 0.167. The average molecular weight is 393 g/mol. The lowest BCUT2D eigenvalue weighted by Gasteiger charge is -2.47. The van der Waals surface area contributed by atoms with Crippen molar-refractivity contribution in [3.05, 3.63) is 0 Å². The number of hydrogen-bond donors (Lipinski definition) is 9. The second-order valence-electron chi connectivity index (χ2n) is 6.44. The molecular formula is C15H27N3O9. The molecule has 1 saturated carbocycles. The molecule has 27 heavy (non-hydrogen) atoms. The van der Waals surface area contributed by atoms with Gasteiger partial charge in [0.2, 0.25) is 0 Å². The Morgan fingerprint density at radius 1 is 0.815 bits per heavy atom. The van der Waals surface area contributed by atoms with E-state index in [9.17, 15) is 34.8 Å². The Labute approximate surface area is 155 Å². The van der Waals surface area contributed by atoms with Gasteiger partial charge < -0.3 is 30.6 Å². The van der Waals surface area contributed by atoms with E-state index in [1.54, 1.807) is 6.92 Å². The molecule has 0 aromatic carbocycles. The van der Waals surface area contributed by atoms with E-state index in [-0.39, 0.29) is 6.42 Å². The van der Waals surface area contributed by atoms with Crippen molar-refractivity contribution in [3.8, 4) is 0 Å². The minimum atomic E-state index is -1.53. The van der Waals surface area contributed by atoms with Crippen LogP contribution >= 0.6 is 0 Å². The van der Waals surface area contributed by atoms with Crippen molar-refractivity contribution in [2.24, 2.45) is 0 Å². The molecule has 0 amide bonds. The molecule has 5 unspecified atom stereocenters.